The van der Waals surface area contributed by atoms with E-state index < -0.39 is 0 Å². The van der Waals surface area contributed by atoms with Crippen LogP contribution in [0, 0.1) is 6.92 Å². The van der Waals surface area contributed by atoms with Crippen LogP contribution in [0.3, 0.4) is 0 Å². The highest BCUT2D eigenvalue weighted by Crippen LogP contribution is 2.18. The molecule has 2 heteroatoms. The Morgan fingerprint density at radius 2 is 2.20 bits per heavy atom. The summed E-state index contributed by atoms with van der Waals surface area (Å²) in [5, 5.41) is 0.815. The molecule has 1 rings (SSSR count). The fourth-order valence-corrected chi connectivity index (χ4v) is 1.45. The van der Waals surface area contributed by atoms with Gasteiger partial charge >= 0.3 is 0 Å². The van der Waals surface area contributed by atoms with Gasteiger partial charge in [0, 0.05) is 10.8 Å². The molecule has 0 aromatic heterocycles. The Morgan fingerprint density at radius 3 is 2.70 bits per heavy atom. The minimum Gasteiger partial charge on any atom is -0.174 e. The van der Waals surface area contributed by atoms with Gasteiger partial charge < -0.3 is 0 Å². The molecule has 1 aromatic rings. The Morgan fingerprint density at radius 1 is 1.50 bits per heavy atom. The molecule has 0 aliphatic rings. The van der Waals surface area contributed by atoms with Crippen LogP contribution in [-0.2, 0) is 5.75 Å². The van der Waals surface area contributed by atoms with Crippen molar-refractivity contribution in [1.82, 2.24) is 0 Å². The van der Waals surface area contributed by atoms with E-state index in [1.54, 1.807) is 0 Å². The second-order valence-corrected chi connectivity index (χ2v) is 2.98. The maximum Gasteiger partial charge on any atom is 0.0448 e. The van der Waals surface area contributed by atoms with E-state index in [1.807, 2.05) is 25.1 Å². The Hall–Kier alpha value is -0.140. The molecule has 0 bridgehead atoms. The zero-order valence-electron chi connectivity index (χ0n) is 5.76. The highest BCUT2D eigenvalue weighted by atomic mass is 35.5. The first-order valence-electron chi connectivity index (χ1n) is 3.10. The van der Waals surface area contributed by atoms with Crippen molar-refractivity contribution in [3.05, 3.63) is 34.3 Å². The van der Waals surface area contributed by atoms with Crippen molar-refractivity contribution in [3.8, 4) is 0 Å². The molecule has 1 aromatic carbocycles. The quantitative estimate of drug-likeness (QED) is 0.619. The van der Waals surface area contributed by atoms with Gasteiger partial charge in [0.15, 0.2) is 0 Å². The van der Waals surface area contributed by atoms with E-state index >= 15 is 0 Å². The van der Waals surface area contributed by atoms with Crippen LogP contribution in [0.5, 0.6) is 0 Å². The molecule has 0 aliphatic heterocycles. The lowest BCUT2D eigenvalue weighted by Gasteiger charge is -1.99. The molecule has 0 saturated heterocycles. The first-order valence-corrected chi connectivity index (χ1v) is 4.11. The molecule has 0 amide bonds. The van der Waals surface area contributed by atoms with Crippen LogP contribution in [0.4, 0.5) is 0 Å². The molecule has 0 radical (unpaired) electrons. The predicted molar refractivity (Wildman–Crippen MR) is 48.9 cm³/mol. The summed E-state index contributed by atoms with van der Waals surface area (Å²) in [6.07, 6.45) is 0. The van der Waals surface area contributed by atoms with Gasteiger partial charge in [0.1, 0.15) is 0 Å². The van der Waals surface area contributed by atoms with Crippen molar-refractivity contribution < 1.29 is 0 Å². The van der Waals surface area contributed by atoms with Crippen molar-refractivity contribution >= 4 is 24.2 Å². The smallest absolute Gasteiger partial charge is 0.0448 e. The molecule has 0 spiro atoms. The van der Waals surface area contributed by atoms with Crippen LogP contribution in [0.15, 0.2) is 18.2 Å². The van der Waals surface area contributed by atoms with Gasteiger partial charge in [-0.2, -0.15) is 12.6 Å². The van der Waals surface area contributed by atoms with Crippen molar-refractivity contribution in [1.29, 1.82) is 0 Å². The first-order chi connectivity index (χ1) is 4.74. The summed E-state index contributed by atoms with van der Waals surface area (Å²) in [7, 11) is 0. The topological polar surface area (TPSA) is 0 Å². The Bertz CT molecular complexity index is 233. The van der Waals surface area contributed by atoms with E-state index in [0.29, 0.717) is 5.75 Å². The normalized spacial score (nSPS) is 9.90. The molecule has 0 saturated carbocycles. The Labute approximate surface area is 71.6 Å². The van der Waals surface area contributed by atoms with Crippen LogP contribution in [-0.4, -0.2) is 0 Å². The van der Waals surface area contributed by atoms with E-state index in [1.165, 1.54) is 5.56 Å². The summed E-state index contributed by atoms with van der Waals surface area (Å²) < 4.78 is 0. The molecule has 0 heterocycles. The molecular weight excluding hydrogens is 164 g/mol. The molecule has 0 aliphatic carbocycles. The summed E-state index contributed by atoms with van der Waals surface area (Å²) in [6.45, 7) is 2.02. The number of halogens is 1. The van der Waals surface area contributed by atoms with Gasteiger partial charge in [-0.1, -0.05) is 23.7 Å². The minimum absolute atomic E-state index is 0.707. The average Bonchev–Trinajstić information content (AvgIpc) is 1.88. The monoisotopic (exact) mass is 172 g/mol. The molecule has 54 valence electrons. The highest BCUT2D eigenvalue weighted by molar-refractivity contribution is 7.79. The van der Waals surface area contributed by atoms with Crippen LogP contribution >= 0.6 is 24.2 Å². The van der Waals surface area contributed by atoms with Crippen molar-refractivity contribution in [2.75, 3.05) is 0 Å². The molecular formula is C8H9ClS. The van der Waals surface area contributed by atoms with Crippen LogP contribution < -0.4 is 0 Å². The van der Waals surface area contributed by atoms with Crippen molar-refractivity contribution in [2.45, 2.75) is 12.7 Å². The lowest BCUT2D eigenvalue weighted by molar-refractivity contribution is 1.37. The van der Waals surface area contributed by atoms with Crippen molar-refractivity contribution in [3.63, 3.8) is 0 Å². The lowest BCUT2D eigenvalue weighted by atomic mass is 10.2. The average molecular weight is 173 g/mol. The number of rotatable bonds is 1. The molecule has 0 N–H and O–H groups in total. The Kier molecular flexibility index (Phi) is 2.64. The summed E-state index contributed by atoms with van der Waals surface area (Å²) in [6, 6.07) is 6.00. The Balaban J connectivity index is 3.07. The molecule has 0 nitrogen and oxygen atoms in total. The number of hydrogen-bond donors (Lipinski definition) is 1. The van der Waals surface area contributed by atoms with E-state index in [4.69, 9.17) is 11.6 Å². The second-order valence-electron chi connectivity index (χ2n) is 2.25. The maximum atomic E-state index is 5.88. The van der Waals surface area contributed by atoms with Gasteiger partial charge in [-0.15, -0.1) is 0 Å². The standard InChI is InChI=1S/C8H9ClS/c1-6-2-3-7(5-10)8(9)4-6/h2-4,10H,5H2,1H3. The third kappa shape index (κ3) is 1.68. The fourth-order valence-electron chi connectivity index (χ4n) is 0.781. The van der Waals surface area contributed by atoms with Crippen LogP contribution in [0.2, 0.25) is 5.02 Å². The predicted octanol–water partition coefficient (Wildman–Crippen LogP) is 3.08. The van der Waals surface area contributed by atoms with E-state index in [2.05, 4.69) is 12.6 Å². The number of aryl methyl sites for hydroxylation is 1. The number of thiol groups is 1. The zero-order valence-corrected chi connectivity index (χ0v) is 7.41. The van der Waals surface area contributed by atoms with Crippen LogP contribution in [0.25, 0.3) is 0 Å². The summed E-state index contributed by atoms with van der Waals surface area (Å²) in [4.78, 5) is 0. The summed E-state index contributed by atoms with van der Waals surface area (Å²) >= 11 is 10.0. The highest BCUT2D eigenvalue weighted by Gasteiger charge is 1.95. The van der Waals surface area contributed by atoms with Gasteiger partial charge in [-0.25, -0.2) is 0 Å². The van der Waals surface area contributed by atoms with Crippen LogP contribution in [0.1, 0.15) is 11.1 Å². The SMILES string of the molecule is Cc1ccc(CS)c(Cl)c1. The van der Waals surface area contributed by atoms with E-state index in [0.717, 1.165) is 10.6 Å². The lowest BCUT2D eigenvalue weighted by Crippen LogP contribution is -1.80. The van der Waals surface area contributed by atoms with Gasteiger partial charge in [-0.3, -0.25) is 0 Å². The molecule has 10 heavy (non-hydrogen) atoms. The molecule has 0 fully saturated rings. The van der Waals surface area contributed by atoms with Gasteiger partial charge in [-0.05, 0) is 24.1 Å². The zero-order chi connectivity index (χ0) is 7.56. The summed E-state index contributed by atoms with van der Waals surface area (Å²) in [5.74, 6) is 0.707. The minimum atomic E-state index is 0.707. The van der Waals surface area contributed by atoms with E-state index in [-0.39, 0.29) is 0 Å². The summed E-state index contributed by atoms with van der Waals surface area (Å²) in [5.41, 5.74) is 2.28. The maximum absolute atomic E-state index is 5.88. The molecule has 0 atom stereocenters. The largest absolute Gasteiger partial charge is 0.174 e. The third-order valence-corrected chi connectivity index (χ3v) is 2.07. The van der Waals surface area contributed by atoms with Crippen molar-refractivity contribution in [2.24, 2.45) is 0 Å². The fraction of sp³-hybridized carbons (Fsp3) is 0.250. The van der Waals surface area contributed by atoms with E-state index in [9.17, 15) is 0 Å². The van der Waals surface area contributed by atoms with Gasteiger partial charge in [0.2, 0.25) is 0 Å². The first kappa shape index (κ1) is 7.96. The third-order valence-electron chi connectivity index (χ3n) is 1.38. The number of hydrogen-bond acceptors (Lipinski definition) is 1. The number of benzene rings is 1. The second kappa shape index (κ2) is 3.31. The van der Waals surface area contributed by atoms with Gasteiger partial charge in [0.05, 0.1) is 0 Å². The molecule has 0 unspecified atom stereocenters. The van der Waals surface area contributed by atoms with Gasteiger partial charge in [0.25, 0.3) is 0 Å².